The van der Waals surface area contributed by atoms with E-state index in [9.17, 15) is 4.79 Å². The molecule has 1 amide bonds. The Labute approximate surface area is 187 Å². The van der Waals surface area contributed by atoms with Crippen LogP contribution in [0.15, 0.2) is 47.0 Å². The van der Waals surface area contributed by atoms with E-state index in [-0.39, 0.29) is 18.1 Å². The maximum atomic E-state index is 12.6. The topological polar surface area (TPSA) is 86.9 Å². The number of aromatic nitrogens is 2. The minimum atomic E-state index is -0.264. The SMILES string of the molecule is COc1cccc(CN2C(=O)CCC2c2nc(-c3ccc(OC(C)C)c(OC)c3)no2)c1. The van der Waals surface area contributed by atoms with Crippen molar-refractivity contribution < 1.29 is 23.5 Å². The maximum Gasteiger partial charge on any atom is 0.249 e. The third-order valence-corrected chi connectivity index (χ3v) is 5.33. The molecule has 0 radical (unpaired) electrons. The number of methoxy groups -OCH3 is 2. The first kappa shape index (κ1) is 21.7. The van der Waals surface area contributed by atoms with E-state index in [0.717, 1.165) is 16.9 Å². The lowest BCUT2D eigenvalue weighted by molar-refractivity contribution is -0.130. The summed E-state index contributed by atoms with van der Waals surface area (Å²) in [6.45, 7) is 4.37. The van der Waals surface area contributed by atoms with Crippen LogP contribution < -0.4 is 14.2 Å². The van der Waals surface area contributed by atoms with Crippen LogP contribution in [0.2, 0.25) is 0 Å². The summed E-state index contributed by atoms with van der Waals surface area (Å²) in [7, 11) is 3.22. The second kappa shape index (κ2) is 9.30. The van der Waals surface area contributed by atoms with Crippen LogP contribution in [-0.2, 0) is 11.3 Å². The summed E-state index contributed by atoms with van der Waals surface area (Å²) in [4.78, 5) is 19.0. The molecule has 1 fully saturated rings. The molecule has 1 aliphatic rings. The lowest BCUT2D eigenvalue weighted by Gasteiger charge is -2.22. The molecule has 0 spiro atoms. The summed E-state index contributed by atoms with van der Waals surface area (Å²) in [6.07, 6.45) is 1.11. The zero-order valence-corrected chi connectivity index (χ0v) is 18.7. The third kappa shape index (κ3) is 4.54. The minimum absolute atomic E-state index is 0.0296. The van der Waals surface area contributed by atoms with Crippen LogP contribution in [0.1, 0.15) is 44.2 Å². The van der Waals surface area contributed by atoms with E-state index >= 15 is 0 Å². The molecular formula is C24H27N3O5. The van der Waals surface area contributed by atoms with Crippen LogP contribution >= 0.6 is 0 Å². The average Bonchev–Trinajstić information content (AvgIpc) is 3.41. The fraction of sp³-hybridized carbons (Fsp3) is 0.375. The zero-order valence-electron chi connectivity index (χ0n) is 18.7. The van der Waals surface area contributed by atoms with Crippen LogP contribution in [0.25, 0.3) is 11.4 Å². The van der Waals surface area contributed by atoms with E-state index in [1.54, 1.807) is 19.1 Å². The number of likely N-dealkylation sites (tertiary alicyclic amines) is 1. The molecule has 1 unspecified atom stereocenters. The van der Waals surface area contributed by atoms with Gasteiger partial charge in [-0.15, -0.1) is 0 Å². The summed E-state index contributed by atoms with van der Waals surface area (Å²) < 4.78 is 22.1. The quantitative estimate of drug-likeness (QED) is 0.516. The Balaban J connectivity index is 1.56. The Morgan fingerprint density at radius 3 is 2.72 bits per heavy atom. The number of benzene rings is 2. The van der Waals surface area contributed by atoms with Gasteiger partial charge in [-0.1, -0.05) is 17.3 Å². The Morgan fingerprint density at radius 1 is 1.12 bits per heavy atom. The lowest BCUT2D eigenvalue weighted by Crippen LogP contribution is -2.27. The van der Waals surface area contributed by atoms with Crippen molar-refractivity contribution >= 4 is 5.91 Å². The van der Waals surface area contributed by atoms with E-state index < -0.39 is 0 Å². The Bertz CT molecular complexity index is 1090. The maximum absolute atomic E-state index is 12.6. The van der Waals surface area contributed by atoms with Gasteiger partial charge >= 0.3 is 0 Å². The van der Waals surface area contributed by atoms with Gasteiger partial charge in [-0.2, -0.15) is 4.98 Å². The highest BCUT2D eigenvalue weighted by Gasteiger charge is 2.36. The average molecular weight is 437 g/mol. The second-order valence-electron chi connectivity index (χ2n) is 7.92. The first-order valence-corrected chi connectivity index (χ1v) is 10.6. The van der Waals surface area contributed by atoms with Crippen LogP contribution in [0.4, 0.5) is 0 Å². The summed E-state index contributed by atoms with van der Waals surface area (Å²) in [6, 6.07) is 12.9. The molecule has 0 N–H and O–H groups in total. The van der Waals surface area contributed by atoms with Gasteiger partial charge < -0.3 is 23.6 Å². The monoisotopic (exact) mass is 437 g/mol. The van der Waals surface area contributed by atoms with Crippen molar-refractivity contribution in [2.45, 2.75) is 45.4 Å². The van der Waals surface area contributed by atoms with Gasteiger partial charge in [-0.3, -0.25) is 4.79 Å². The molecule has 3 aromatic rings. The molecule has 0 bridgehead atoms. The second-order valence-corrected chi connectivity index (χ2v) is 7.92. The number of nitrogens with zero attached hydrogens (tertiary/aromatic N) is 3. The van der Waals surface area contributed by atoms with Crippen molar-refractivity contribution in [1.82, 2.24) is 15.0 Å². The van der Waals surface area contributed by atoms with Gasteiger partial charge in [0.2, 0.25) is 17.6 Å². The first-order chi connectivity index (χ1) is 15.5. The molecule has 2 heterocycles. The van der Waals surface area contributed by atoms with Gasteiger partial charge in [0, 0.05) is 18.5 Å². The summed E-state index contributed by atoms with van der Waals surface area (Å²) in [5.74, 6) is 2.93. The van der Waals surface area contributed by atoms with Gasteiger partial charge in [0.15, 0.2) is 11.5 Å². The molecular weight excluding hydrogens is 410 g/mol. The van der Waals surface area contributed by atoms with E-state index in [2.05, 4.69) is 10.1 Å². The first-order valence-electron chi connectivity index (χ1n) is 10.6. The number of amides is 1. The van der Waals surface area contributed by atoms with Gasteiger partial charge in [0.25, 0.3) is 0 Å². The molecule has 1 aliphatic heterocycles. The normalized spacial score (nSPS) is 16.0. The third-order valence-electron chi connectivity index (χ3n) is 5.33. The molecule has 32 heavy (non-hydrogen) atoms. The van der Waals surface area contributed by atoms with E-state index in [0.29, 0.717) is 42.6 Å². The van der Waals surface area contributed by atoms with Crippen molar-refractivity contribution in [3.63, 3.8) is 0 Å². The minimum Gasteiger partial charge on any atom is -0.497 e. The van der Waals surface area contributed by atoms with Gasteiger partial charge in [0.05, 0.1) is 20.3 Å². The van der Waals surface area contributed by atoms with E-state index in [1.807, 2.05) is 56.3 Å². The molecule has 2 aromatic carbocycles. The van der Waals surface area contributed by atoms with Gasteiger partial charge in [-0.05, 0) is 56.2 Å². The largest absolute Gasteiger partial charge is 0.497 e. The highest BCUT2D eigenvalue weighted by molar-refractivity contribution is 5.79. The number of rotatable bonds is 8. The number of carbonyl (C=O) groups is 1. The Kier molecular flexibility index (Phi) is 6.30. The summed E-state index contributed by atoms with van der Waals surface area (Å²) in [5, 5.41) is 4.15. The molecule has 1 aromatic heterocycles. The fourth-order valence-corrected chi connectivity index (χ4v) is 3.80. The van der Waals surface area contributed by atoms with Crippen LogP contribution in [0, 0.1) is 0 Å². The number of hydrogen-bond donors (Lipinski definition) is 0. The summed E-state index contributed by atoms with van der Waals surface area (Å²) in [5.41, 5.74) is 1.73. The van der Waals surface area contributed by atoms with Crippen molar-refractivity contribution in [3.8, 4) is 28.6 Å². The zero-order chi connectivity index (χ0) is 22.7. The van der Waals surface area contributed by atoms with Crippen molar-refractivity contribution in [2.75, 3.05) is 14.2 Å². The van der Waals surface area contributed by atoms with E-state index in [1.165, 1.54) is 0 Å². The van der Waals surface area contributed by atoms with E-state index in [4.69, 9.17) is 18.7 Å². The number of hydrogen-bond acceptors (Lipinski definition) is 7. The number of ether oxygens (including phenoxy) is 3. The van der Waals surface area contributed by atoms with Crippen molar-refractivity contribution in [1.29, 1.82) is 0 Å². The predicted molar refractivity (Wildman–Crippen MR) is 118 cm³/mol. The van der Waals surface area contributed by atoms with Crippen molar-refractivity contribution in [3.05, 3.63) is 53.9 Å². The van der Waals surface area contributed by atoms with Gasteiger partial charge in [-0.25, -0.2) is 0 Å². The standard InChI is InChI=1S/C24H27N3O5/c1-15(2)31-20-10-8-17(13-21(20)30-4)23-25-24(32-26-23)19-9-11-22(28)27(19)14-16-6-5-7-18(12-16)29-3/h5-8,10,12-13,15,19H,9,11,14H2,1-4H3. The van der Waals surface area contributed by atoms with Crippen LogP contribution in [0.5, 0.6) is 17.2 Å². The van der Waals surface area contributed by atoms with Crippen LogP contribution in [0.3, 0.4) is 0 Å². The number of carbonyl (C=O) groups excluding carboxylic acids is 1. The highest BCUT2D eigenvalue weighted by Crippen LogP contribution is 2.36. The van der Waals surface area contributed by atoms with Crippen LogP contribution in [-0.4, -0.2) is 41.3 Å². The fourth-order valence-electron chi connectivity index (χ4n) is 3.80. The molecule has 4 rings (SSSR count). The summed E-state index contributed by atoms with van der Waals surface area (Å²) >= 11 is 0. The highest BCUT2D eigenvalue weighted by atomic mass is 16.5. The Morgan fingerprint density at radius 2 is 1.97 bits per heavy atom. The molecule has 0 aliphatic carbocycles. The van der Waals surface area contributed by atoms with Crippen molar-refractivity contribution in [2.24, 2.45) is 0 Å². The predicted octanol–water partition coefficient (Wildman–Crippen LogP) is 4.40. The lowest BCUT2D eigenvalue weighted by atomic mass is 10.1. The van der Waals surface area contributed by atoms with Gasteiger partial charge in [0.1, 0.15) is 11.8 Å². The molecule has 8 nitrogen and oxygen atoms in total. The molecule has 0 saturated carbocycles. The molecule has 8 heteroatoms. The molecule has 168 valence electrons. The smallest absolute Gasteiger partial charge is 0.249 e. The molecule has 1 saturated heterocycles. The molecule has 1 atom stereocenters. The Hall–Kier alpha value is -3.55.